The van der Waals surface area contributed by atoms with Crippen LogP contribution in [-0.4, -0.2) is 36.3 Å². The number of nitrogens with one attached hydrogen (secondary N) is 1. The minimum absolute atomic E-state index is 0.0680. The highest BCUT2D eigenvalue weighted by Gasteiger charge is 2.28. The van der Waals surface area contributed by atoms with Crippen molar-refractivity contribution in [3.63, 3.8) is 0 Å². The van der Waals surface area contributed by atoms with Crippen LogP contribution in [0.1, 0.15) is 12.8 Å². The van der Waals surface area contributed by atoms with Crippen LogP contribution in [0.15, 0.2) is 56.6 Å². The summed E-state index contributed by atoms with van der Waals surface area (Å²) < 4.78 is 33.2. The molecule has 1 amide bonds. The molecule has 10 heteroatoms. The van der Waals surface area contributed by atoms with Crippen molar-refractivity contribution in [2.24, 2.45) is 0 Å². The molecule has 4 rings (SSSR count). The zero-order valence-corrected chi connectivity index (χ0v) is 16.9. The standard InChI is InChI=1S/C19H18ClN3O5S/c20-13-3-5-14(6-4-13)21-18(24)12-23-16-8-7-15(11-17(16)28-19(23)25)29(26,27)22-9-1-2-10-22/h3-8,11H,1-2,9-10,12H2,(H,21,24). The molecule has 2 heterocycles. The van der Waals surface area contributed by atoms with Gasteiger partial charge >= 0.3 is 5.76 Å². The number of rotatable bonds is 5. The molecule has 0 bridgehead atoms. The van der Waals surface area contributed by atoms with Crippen LogP contribution in [0, 0.1) is 0 Å². The third-order valence-electron chi connectivity index (χ3n) is 4.77. The van der Waals surface area contributed by atoms with Gasteiger partial charge in [0, 0.05) is 29.9 Å². The largest absolute Gasteiger partial charge is 0.420 e. The fourth-order valence-corrected chi connectivity index (χ4v) is 4.97. The molecule has 8 nitrogen and oxygen atoms in total. The molecule has 1 N–H and O–H groups in total. The van der Waals surface area contributed by atoms with Gasteiger partial charge in [0.2, 0.25) is 15.9 Å². The first-order valence-corrected chi connectivity index (χ1v) is 10.9. The lowest BCUT2D eigenvalue weighted by molar-refractivity contribution is -0.116. The molecule has 1 saturated heterocycles. The Morgan fingerprint density at radius 3 is 2.48 bits per heavy atom. The average molecular weight is 436 g/mol. The van der Waals surface area contributed by atoms with Gasteiger partial charge in [0.05, 0.1) is 10.4 Å². The average Bonchev–Trinajstić information content (AvgIpc) is 3.32. The Hall–Kier alpha value is -2.62. The summed E-state index contributed by atoms with van der Waals surface area (Å²) >= 11 is 5.82. The molecule has 152 valence electrons. The molecule has 0 unspecified atom stereocenters. The van der Waals surface area contributed by atoms with Crippen molar-refractivity contribution < 1.29 is 17.6 Å². The van der Waals surface area contributed by atoms with Crippen molar-refractivity contribution in [1.82, 2.24) is 8.87 Å². The number of amides is 1. The Bertz CT molecular complexity index is 1220. The van der Waals surface area contributed by atoms with Crippen LogP contribution in [0.5, 0.6) is 0 Å². The van der Waals surface area contributed by atoms with Gasteiger partial charge in [-0.25, -0.2) is 13.2 Å². The fraction of sp³-hybridized carbons (Fsp3) is 0.263. The number of carbonyl (C=O) groups is 1. The highest BCUT2D eigenvalue weighted by atomic mass is 35.5. The van der Waals surface area contributed by atoms with Gasteiger partial charge in [0.15, 0.2) is 5.58 Å². The zero-order chi connectivity index (χ0) is 20.6. The second kappa shape index (κ2) is 7.66. The number of halogens is 1. The van der Waals surface area contributed by atoms with Crippen LogP contribution in [0.3, 0.4) is 0 Å². The van der Waals surface area contributed by atoms with Crippen LogP contribution in [-0.2, 0) is 21.4 Å². The van der Waals surface area contributed by atoms with Crippen molar-refractivity contribution in [3.05, 3.63) is 58.0 Å². The first kappa shape index (κ1) is 19.7. The van der Waals surface area contributed by atoms with Crippen molar-refractivity contribution in [3.8, 4) is 0 Å². The summed E-state index contributed by atoms with van der Waals surface area (Å²) in [6.07, 6.45) is 1.66. The molecule has 0 atom stereocenters. The summed E-state index contributed by atoms with van der Waals surface area (Å²) in [5, 5.41) is 3.21. The number of aromatic nitrogens is 1. The van der Waals surface area contributed by atoms with E-state index in [2.05, 4.69) is 5.32 Å². The molecule has 0 radical (unpaired) electrons. The van der Waals surface area contributed by atoms with Gasteiger partial charge in [0.1, 0.15) is 6.54 Å². The Morgan fingerprint density at radius 1 is 1.10 bits per heavy atom. The fourth-order valence-electron chi connectivity index (χ4n) is 3.31. The SMILES string of the molecule is O=C(Cn1c(=O)oc2cc(S(=O)(=O)N3CCCC3)ccc21)Nc1ccc(Cl)cc1. The van der Waals surface area contributed by atoms with E-state index in [1.807, 2.05) is 0 Å². The van der Waals surface area contributed by atoms with E-state index in [4.69, 9.17) is 16.0 Å². The van der Waals surface area contributed by atoms with Gasteiger partial charge in [-0.2, -0.15) is 4.31 Å². The summed E-state index contributed by atoms with van der Waals surface area (Å²) in [6, 6.07) is 10.8. The van der Waals surface area contributed by atoms with Crippen LogP contribution >= 0.6 is 11.6 Å². The molecule has 0 aliphatic carbocycles. The maximum absolute atomic E-state index is 12.7. The number of sulfonamides is 1. The quantitative estimate of drug-likeness (QED) is 0.663. The van der Waals surface area contributed by atoms with E-state index in [9.17, 15) is 18.0 Å². The maximum Gasteiger partial charge on any atom is 0.420 e. The van der Waals surface area contributed by atoms with Crippen LogP contribution < -0.4 is 11.1 Å². The lowest BCUT2D eigenvalue weighted by Gasteiger charge is -2.15. The Balaban J connectivity index is 1.59. The van der Waals surface area contributed by atoms with Gasteiger partial charge in [-0.1, -0.05) is 11.6 Å². The van der Waals surface area contributed by atoms with Gasteiger partial charge in [0.25, 0.3) is 0 Å². The van der Waals surface area contributed by atoms with Gasteiger partial charge in [-0.05, 0) is 49.2 Å². The molecule has 0 saturated carbocycles. The third-order valence-corrected chi connectivity index (χ3v) is 6.92. The number of hydrogen-bond acceptors (Lipinski definition) is 5. The minimum atomic E-state index is -3.63. The minimum Gasteiger partial charge on any atom is -0.408 e. The van der Waals surface area contributed by atoms with Crippen LogP contribution in [0.25, 0.3) is 11.1 Å². The van der Waals surface area contributed by atoms with E-state index in [0.29, 0.717) is 29.3 Å². The summed E-state index contributed by atoms with van der Waals surface area (Å²) in [7, 11) is -3.63. The normalized spacial score (nSPS) is 15.1. The monoisotopic (exact) mass is 435 g/mol. The molecule has 1 aromatic heterocycles. The van der Waals surface area contributed by atoms with Crippen molar-refractivity contribution in [1.29, 1.82) is 0 Å². The van der Waals surface area contributed by atoms with Crippen molar-refractivity contribution in [2.45, 2.75) is 24.3 Å². The highest BCUT2D eigenvalue weighted by Crippen LogP contribution is 2.24. The highest BCUT2D eigenvalue weighted by molar-refractivity contribution is 7.89. The van der Waals surface area contributed by atoms with Crippen LogP contribution in [0.4, 0.5) is 5.69 Å². The lowest BCUT2D eigenvalue weighted by atomic mass is 10.3. The lowest BCUT2D eigenvalue weighted by Crippen LogP contribution is -2.27. The summed E-state index contributed by atoms with van der Waals surface area (Å²) in [6.45, 7) is 0.694. The van der Waals surface area contributed by atoms with Crippen molar-refractivity contribution in [2.75, 3.05) is 18.4 Å². The zero-order valence-electron chi connectivity index (χ0n) is 15.3. The Morgan fingerprint density at radius 2 is 1.79 bits per heavy atom. The molecule has 29 heavy (non-hydrogen) atoms. The molecule has 0 spiro atoms. The molecule has 3 aromatic rings. The molecule has 2 aromatic carbocycles. The number of fused-ring (bicyclic) bond motifs is 1. The molecular formula is C19H18ClN3O5S. The smallest absolute Gasteiger partial charge is 0.408 e. The summed E-state index contributed by atoms with van der Waals surface area (Å²) in [5.41, 5.74) is 1.01. The third kappa shape index (κ3) is 3.93. The molecular weight excluding hydrogens is 418 g/mol. The van der Waals surface area contributed by atoms with Crippen molar-refractivity contribution >= 4 is 44.3 Å². The second-order valence-corrected chi connectivity index (χ2v) is 9.12. The van der Waals surface area contributed by atoms with E-state index in [-0.39, 0.29) is 17.0 Å². The molecule has 1 fully saturated rings. The van der Waals surface area contributed by atoms with Gasteiger partial charge in [-0.3, -0.25) is 9.36 Å². The Labute approximate surface area is 171 Å². The van der Waals surface area contributed by atoms with E-state index >= 15 is 0 Å². The number of anilines is 1. The number of benzene rings is 2. The number of nitrogens with zero attached hydrogens (tertiary/aromatic N) is 2. The van der Waals surface area contributed by atoms with E-state index in [1.54, 1.807) is 24.3 Å². The molecule has 1 aliphatic rings. The van der Waals surface area contributed by atoms with Gasteiger partial charge in [-0.15, -0.1) is 0 Å². The first-order valence-electron chi connectivity index (χ1n) is 9.03. The number of hydrogen-bond donors (Lipinski definition) is 1. The van der Waals surface area contributed by atoms with E-state index < -0.39 is 21.7 Å². The van der Waals surface area contributed by atoms with Gasteiger partial charge < -0.3 is 9.73 Å². The molecule has 1 aliphatic heterocycles. The number of oxazole rings is 1. The van der Waals surface area contributed by atoms with E-state index in [1.165, 1.54) is 22.5 Å². The predicted molar refractivity (Wildman–Crippen MR) is 109 cm³/mol. The first-order chi connectivity index (χ1) is 13.8. The maximum atomic E-state index is 12.7. The number of carbonyl (C=O) groups excluding carboxylic acids is 1. The Kier molecular flexibility index (Phi) is 5.20. The van der Waals surface area contributed by atoms with E-state index in [0.717, 1.165) is 17.4 Å². The summed E-state index contributed by atoms with van der Waals surface area (Å²) in [4.78, 5) is 24.6. The van der Waals surface area contributed by atoms with Crippen LogP contribution in [0.2, 0.25) is 5.02 Å². The summed E-state index contributed by atoms with van der Waals surface area (Å²) in [5.74, 6) is -1.16. The predicted octanol–water partition coefficient (Wildman–Crippen LogP) is 2.67. The second-order valence-electron chi connectivity index (χ2n) is 6.75. The topological polar surface area (TPSA) is 102 Å².